The van der Waals surface area contributed by atoms with Gasteiger partial charge in [-0.1, -0.05) is 18.2 Å². The average molecular weight is 347 g/mol. The first kappa shape index (κ1) is 18.1. The van der Waals surface area contributed by atoms with Gasteiger partial charge in [-0.25, -0.2) is 13.6 Å². The van der Waals surface area contributed by atoms with Gasteiger partial charge < -0.3 is 14.8 Å². The molecule has 0 aliphatic rings. The summed E-state index contributed by atoms with van der Waals surface area (Å²) in [6.07, 6.45) is 2.63. The summed E-state index contributed by atoms with van der Waals surface area (Å²) in [5.74, 6) is -2.60. The molecule has 0 saturated heterocycles. The third kappa shape index (κ3) is 5.42. The molecule has 0 aliphatic heterocycles. The maximum absolute atomic E-state index is 13.4. The summed E-state index contributed by atoms with van der Waals surface area (Å²) < 4.78 is 36.1. The molecule has 5 nitrogen and oxygen atoms in total. The van der Waals surface area contributed by atoms with Crippen molar-refractivity contribution >= 4 is 23.6 Å². The van der Waals surface area contributed by atoms with Crippen molar-refractivity contribution in [3.63, 3.8) is 0 Å². The summed E-state index contributed by atoms with van der Waals surface area (Å²) in [4.78, 5) is 23.3. The van der Waals surface area contributed by atoms with Crippen molar-refractivity contribution < 1.29 is 27.8 Å². The Morgan fingerprint density at radius 2 is 1.92 bits per heavy atom. The molecule has 0 bridgehead atoms. The number of para-hydroxylation sites is 1. The summed E-state index contributed by atoms with van der Waals surface area (Å²) in [7, 11) is 1.50. The van der Waals surface area contributed by atoms with Crippen LogP contribution < -0.4 is 10.1 Å². The lowest BCUT2D eigenvalue weighted by Crippen LogP contribution is -2.20. The fourth-order valence-electron chi connectivity index (χ4n) is 1.92. The molecule has 0 aliphatic carbocycles. The molecular formula is C18H15F2NO4. The summed E-state index contributed by atoms with van der Waals surface area (Å²) in [6, 6.07) is 9.75. The Bertz CT molecular complexity index is 805. The number of ether oxygens (including phenoxy) is 2. The molecule has 25 heavy (non-hydrogen) atoms. The number of halogens is 2. The number of hydrogen-bond donors (Lipinski definition) is 1. The van der Waals surface area contributed by atoms with Crippen LogP contribution in [0.1, 0.15) is 5.56 Å². The number of rotatable bonds is 6. The Morgan fingerprint density at radius 3 is 2.64 bits per heavy atom. The van der Waals surface area contributed by atoms with Crippen LogP contribution in [-0.2, 0) is 14.3 Å². The van der Waals surface area contributed by atoms with E-state index in [2.05, 4.69) is 5.32 Å². The van der Waals surface area contributed by atoms with Gasteiger partial charge in [-0.15, -0.1) is 0 Å². The van der Waals surface area contributed by atoms with Gasteiger partial charge in [-0.3, -0.25) is 4.79 Å². The summed E-state index contributed by atoms with van der Waals surface area (Å²) >= 11 is 0. The topological polar surface area (TPSA) is 64.6 Å². The van der Waals surface area contributed by atoms with Crippen LogP contribution in [-0.4, -0.2) is 25.6 Å². The second-order valence-electron chi connectivity index (χ2n) is 4.86. The Hall–Kier alpha value is -3.22. The lowest BCUT2D eigenvalue weighted by atomic mass is 10.2. The molecule has 0 aromatic heterocycles. The predicted molar refractivity (Wildman–Crippen MR) is 88.0 cm³/mol. The molecule has 1 N–H and O–H groups in total. The molecule has 2 aromatic carbocycles. The average Bonchev–Trinajstić information content (AvgIpc) is 2.60. The third-order valence-corrected chi connectivity index (χ3v) is 3.09. The predicted octanol–water partition coefficient (Wildman–Crippen LogP) is 3.17. The first-order valence-corrected chi connectivity index (χ1v) is 7.22. The molecule has 0 unspecified atom stereocenters. The van der Waals surface area contributed by atoms with Crippen molar-refractivity contribution in [1.29, 1.82) is 0 Å². The normalized spacial score (nSPS) is 10.5. The van der Waals surface area contributed by atoms with Gasteiger partial charge in [0.15, 0.2) is 6.61 Å². The molecule has 0 heterocycles. The number of amides is 1. The maximum Gasteiger partial charge on any atom is 0.331 e. The SMILES string of the molecule is COc1ccccc1/C=C/C(=O)OCC(=O)Nc1ccc(F)cc1F. The van der Waals surface area contributed by atoms with E-state index in [0.717, 1.165) is 18.2 Å². The van der Waals surface area contributed by atoms with Crippen LogP contribution in [0.4, 0.5) is 14.5 Å². The number of benzene rings is 2. The molecular weight excluding hydrogens is 332 g/mol. The second kappa shape index (κ2) is 8.58. The molecule has 1 amide bonds. The van der Waals surface area contributed by atoms with E-state index in [-0.39, 0.29) is 5.69 Å². The van der Waals surface area contributed by atoms with Gasteiger partial charge >= 0.3 is 5.97 Å². The van der Waals surface area contributed by atoms with Crippen LogP contribution in [0.2, 0.25) is 0 Å². The van der Waals surface area contributed by atoms with E-state index < -0.39 is 30.1 Å². The Labute approximate surface area is 142 Å². The van der Waals surface area contributed by atoms with Crippen molar-refractivity contribution in [2.24, 2.45) is 0 Å². The van der Waals surface area contributed by atoms with Gasteiger partial charge in [0.1, 0.15) is 17.4 Å². The molecule has 0 saturated carbocycles. The Morgan fingerprint density at radius 1 is 1.16 bits per heavy atom. The van der Waals surface area contributed by atoms with Gasteiger partial charge in [0.05, 0.1) is 12.8 Å². The molecule has 0 radical (unpaired) electrons. The van der Waals surface area contributed by atoms with E-state index in [1.807, 2.05) is 0 Å². The fourth-order valence-corrected chi connectivity index (χ4v) is 1.92. The van der Waals surface area contributed by atoms with E-state index in [9.17, 15) is 18.4 Å². The van der Waals surface area contributed by atoms with Gasteiger partial charge in [0, 0.05) is 17.7 Å². The van der Waals surface area contributed by atoms with Crippen LogP contribution >= 0.6 is 0 Å². The highest BCUT2D eigenvalue weighted by Gasteiger charge is 2.10. The number of esters is 1. The largest absolute Gasteiger partial charge is 0.496 e. The van der Waals surface area contributed by atoms with Crippen molar-refractivity contribution in [3.05, 3.63) is 65.7 Å². The first-order chi connectivity index (χ1) is 12.0. The molecule has 2 rings (SSSR count). The molecule has 7 heteroatoms. The van der Waals surface area contributed by atoms with Crippen LogP contribution in [0.15, 0.2) is 48.5 Å². The maximum atomic E-state index is 13.4. The number of carbonyl (C=O) groups is 2. The molecule has 0 fully saturated rings. The molecule has 2 aromatic rings. The highest BCUT2D eigenvalue weighted by atomic mass is 19.1. The van der Waals surface area contributed by atoms with Gasteiger partial charge in [0.25, 0.3) is 5.91 Å². The zero-order valence-electron chi connectivity index (χ0n) is 13.3. The third-order valence-electron chi connectivity index (χ3n) is 3.09. The summed E-state index contributed by atoms with van der Waals surface area (Å²) in [6.45, 7) is -0.605. The smallest absolute Gasteiger partial charge is 0.331 e. The van der Waals surface area contributed by atoms with Crippen molar-refractivity contribution in [2.75, 3.05) is 19.0 Å². The van der Waals surface area contributed by atoms with Crippen LogP contribution in [0.3, 0.4) is 0 Å². The van der Waals surface area contributed by atoms with E-state index in [4.69, 9.17) is 9.47 Å². The van der Waals surface area contributed by atoms with Crippen molar-refractivity contribution in [2.45, 2.75) is 0 Å². The van der Waals surface area contributed by atoms with Crippen LogP contribution in [0.5, 0.6) is 5.75 Å². The van der Waals surface area contributed by atoms with Gasteiger partial charge in [-0.2, -0.15) is 0 Å². The number of methoxy groups -OCH3 is 1. The quantitative estimate of drug-likeness (QED) is 0.644. The van der Waals surface area contributed by atoms with Crippen LogP contribution in [0.25, 0.3) is 6.08 Å². The monoisotopic (exact) mass is 347 g/mol. The van der Waals surface area contributed by atoms with Crippen LogP contribution in [0, 0.1) is 11.6 Å². The number of nitrogens with one attached hydrogen (secondary N) is 1. The van der Waals surface area contributed by atoms with Crippen molar-refractivity contribution in [1.82, 2.24) is 0 Å². The fraction of sp³-hybridized carbons (Fsp3) is 0.111. The molecule has 0 atom stereocenters. The highest BCUT2D eigenvalue weighted by molar-refractivity contribution is 5.94. The van der Waals surface area contributed by atoms with Crippen molar-refractivity contribution in [3.8, 4) is 5.75 Å². The number of hydrogen-bond acceptors (Lipinski definition) is 4. The minimum Gasteiger partial charge on any atom is -0.496 e. The van der Waals surface area contributed by atoms with Gasteiger partial charge in [0.2, 0.25) is 0 Å². The standard InChI is InChI=1S/C18H15F2NO4/c1-24-16-5-3-2-4-12(16)6-9-18(23)25-11-17(22)21-15-8-7-13(19)10-14(15)20/h2-10H,11H2,1H3,(H,21,22)/b9-6+. The number of anilines is 1. The minimum absolute atomic E-state index is 0.202. The lowest BCUT2D eigenvalue weighted by Gasteiger charge is -2.06. The Balaban J connectivity index is 1.87. The second-order valence-corrected chi connectivity index (χ2v) is 4.86. The van der Waals surface area contributed by atoms with E-state index in [0.29, 0.717) is 17.4 Å². The summed E-state index contributed by atoms with van der Waals surface area (Å²) in [5.41, 5.74) is 0.465. The Kier molecular flexibility index (Phi) is 6.22. The minimum atomic E-state index is -0.921. The highest BCUT2D eigenvalue weighted by Crippen LogP contribution is 2.18. The zero-order valence-corrected chi connectivity index (χ0v) is 13.3. The molecule has 130 valence electrons. The number of carbonyl (C=O) groups excluding carboxylic acids is 2. The lowest BCUT2D eigenvalue weighted by molar-refractivity contribution is -0.142. The van der Waals surface area contributed by atoms with E-state index >= 15 is 0 Å². The van der Waals surface area contributed by atoms with E-state index in [1.165, 1.54) is 13.2 Å². The summed E-state index contributed by atoms with van der Waals surface area (Å²) in [5, 5.41) is 2.18. The van der Waals surface area contributed by atoms with Gasteiger partial charge in [-0.05, 0) is 24.3 Å². The molecule has 0 spiro atoms. The zero-order chi connectivity index (χ0) is 18.2. The first-order valence-electron chi connectivity index (χ1n) is 7.22. The van der Waals surface area contributed by atoms with E-state index in [1.54, 1.807) is 24.3 Å².